The van der Waals surface area contributed by atoms with Crippen LogP contribution in [0.1, 0.15) is 16.7 Å². The van der Waals surface area contributed by atoms with Gasteiger partial charge in [0, 0.05) is 31.9 Å². The van der Waals surface area contributed by atoms with Gasteiger partial charge in [0.05, 0.1) is 15.1 Å². The van der Waals surface area contributed by atoms with Gasteiger partial charge in [0.15, 0.2) is 5.13 Å². The van der Waals surface area contributed by atoms with Gasteiger partial charge in [0.1, 0.15) is 6.33 Å². The second-order valence-corrected chi connectivity index (χ2v) is 9.49. The molecule has 4 aromatic rings. The zero-order valence-corrected chi connectivity index (χ0v) is 20.1. The van der Waals surface area contributed by atoms with E-state index in [1.165, 1.54) is 34.5 Å². The molecule has 1 fully saturated rings. The number of nitrogens with one attached hydrogen (secondary N) is 1. The van der Waals surface area contributed by atoms with Crippen LogP contribution in [-0.4, -0.2) is 46.1 Å². The lowest BCUT2D eigenvalue weighted by molar-refractivity contribution is -0.383. The summed E-state index contributed by atoms with van der Waals surface area (Å²) in [5.41, 5.74) is 5.59. The number of aromatic nitrogens is 3. The predicted molar refractivity (Wildman–Crippen MR) is 137 cm³/mol. The number of thiazole rings is 1. The molecule has 1 N–H and O–H groups in total. The van der Waals surface area contributed by atoms with E-state index in [0.717, 1.165) is 28.9 Å². The zero-order valence-electron chi connectivity index (χ0n) is 19.3. The van der Waals surface area contributed by atoms with Gasteiger partial charge in [-0.2, -0.15) is 0 Å². The molecule has 34 heavy (non-hydrogen) atoms. The van der Waals surface area contributed by atoms with Crippen molar-refractivity contribution in [2.75, 3.05) is 41.3 Å². The molecule has 9 nitrogen and oxygen atoms in total. The minimum absolute atomic E-state index is 0.127. The van der Waals surface area contributed by atoms with Gasteiger partial charge in [0.25, 0.3) is 0 Å². The van der Waals surface area contributed by atoms with Gasteiger partial charge in [-0.05, 0) is 55.7 Å². The number of nitrogens with zero attached hydrogens (tertiary/aromatic N) is 6. The lowest BCUT2D eigenvalue weighted by Gasteiger charge is -2.37. The number of anilines is 4. The maximum absolute atomic E-state index is 12.1. The molecule has 1 saturated heterocycles. The first-order valence-corrected chi connectivity index (χ1v) is 11.9. The minimum Gasteiger partial charge on any atom is -0.368 e. The quantitative estimate of drug-likeness (QED) is 0.318. The molecule has 1 aliphatic rings. The summed E-state index contributed by atoms with van der Waals surface area (Å²) in [6, 6.07) is 12.3. The van der Waals surface area contributed by atoms with Crippen LogP contribution < -0.4 is 15.1 Å². The Morgan fingerprint density at radius 1 is 1.03 bits per heavy atom. The summed E-state index contributed by atoms with van der Waals surface area (Å²) in [7, 11) is 0. The van der Waals surface area contributed by atoms with E-state index in [4.69, 9.17) is 0 Å². The van der Waals surface area contributed by atoms with Crippen molar-refractivity contribution in [3.8, 4) is 0 Å². The van der Waals surface area contributed by atoms with E-state index in [2.05, 4.69) is 57.2 Å². The molecule has 2 aromatic carbocycles. The van der Waals surface area contributed by atoms with Gasteiger partial charge in [-0.15, -0.1) is 0 Å². The summed E-state index contributed by atoms with van der Waals surface area (Å²) in [4.78, 5) is 29.0. The molecule has 0 spiro atoms. The second kappa shape index (κ2) is 8.86. The van der Waals surface area contributed by atoms with Crippen LogP contribution in [0.15, 0.2) is 42.7 Å². The molecule has 0 atom stereocenters. The van der Waals surface area contributed by atoms with Crippen LogP contribution in [0.25, 0.3) is 10.2 Å². The van der Waals surface area contributed by atoms with Crippen LogP contribution >= 0.6 is 11.3 Å². The Bertz CT molecular complexity index is 1380. The number of nitro groups is 1. The topological polar surface area (TPSA) is 100 Å². The number of benzene rings is 2. The van der Waals surface area contributed by atoms with E-state index in [-0.39, 0.29) is 11.5 Å². The van der Waals surface area contributed by atoms with Crippen molar-refractivity contribution in [2.45, 2.75) is 20.8 Å². The number of hydrogen-bond acceptors (Lipinski definition) is 9. The largest absolute Gasteiger partial charge is 0.368 e. The fraction of sp³-hybridized carbons (Fsp3) is 0.292. The highest BCUT2D eigenvalue weighted by atomic mass is 32.1. The maximum Gasteiger partial charge on any atom is 0.353 e. The van der Waals surface area contributed by atoms with Crippen molar-refractivity contribution >= 4 is 49.7 Å². The lowest BCUT2D eigenvalue weighted by atomic mass is 10.1. The van der Waals surface area contributed by atoms with Gasteiger partial charge in [-0.1, -0.05) is 29.5 Å². The highest BCUT2D eigenvalue weighted by molar-refractivity contribution is 7.22. The lowest BCUT2D eigenvalue weighted by Crippen LogP contribution is -2.47. The fourth-order valence-electron chi connectivity index (χ4n) is 4.28. The van der Waals surface area contributed by atoms with Gasteiger partial charge in [0.2, 0.25) is 11.6 Å². The third-order valence-corrected chi connectivity index (χ3v) is 7.18. The molecule has 5 rings (SSSR count). The second-order valence-electron chi connectivity index (χ2n) is 8.46. The van der Waals surface area contributed by atoms with Crippen molar-refractivity contribution in [3.63, 3.8) is 0 Å². The predicted octanol–water partition coefficient (Wildman–Crippen LogP) is 4.99. The maximum atomic E-state index is 12.1. The molecular weight excluding hydrogens is 450 g/mol. The van der Waals surface area contributed by atoms with Crippen LogP contribution in [0.2, 0.25) is 0 Å². The van der Waals surface area contributed by atoms with Crippen LogP contribution in [0, 0.1) is 30.9 Å². The number of rotatable bonds is 5. The van der Waals surface area contributed by atoms with Gasteiger partial charge in [-0.25, -0.2) is 15.0 Å². The van der Waals surface area contributed by atoms with Crippen molar-refractivity contribution < 1.29 is 4.92 Å². The summed E-state index contributed by atoms with van der Waals surface area (Å²) in [5, 5.41) is 15.7. The molecule has 0 saturated carbocycles. The average Bonchev–Trinajstić information content (AvgIpc) is 3.22. The van der Waals surface area contributed by atoms with E-state index in [1.807, 2.05) is 30.0 Å². The van der Waals surface area contributed by atoms with E-state index < -0.39 is 4.92 Å². The van der Waals surface area contributed by atoms with Crippen LogP contribution in [0.5, 0.6) is 0 Å². The first-order valence-electron chi connectivity index (χ1n) is 11.1. The SMILES string of the molecule is Cc1ccc2nc(Nc3ncnc(N4CCN(c5cccc(C)c5C)CC4)c3[N+](=O)[O-])sc2c1. The van der Waals surface area contributed by atoms with E-state index in [9.17, 15) is 10.1 Å². The normalized spacial score (nSPS) is 14.0. The monoisotopic (exact) mass is 475 g/mol. The van der Waals surface area contributed by atoms with E-state index >= 15 is 0 Å². The molecule has 0 radical (unpaired) electrons. The first kappa shape index (κ1) is 22.0. The number of piperazine rings is 1. The average molecular weight is 476 g/mol. The highest BCUT2D eigenvalue weighted by Gasteiger charge is 2.30. The Morgan fingerprint density at radius 2 is 1.79 bits per heavy atom. The fourth-order valence-corrected chi connectivity index (χ4v) is 5.25. The van der Waals surface area contributed by atoms with Crippen LogP contribution in [0.4, 0.5) is 28.1 Å². The Morgan fingerprint density at radius 3 is 2.56 bits per heavy atom. The standard InChI is InChI=1S/C24H25N7O2S/c1-15-7-8-18-20(13-15)34-24(27-18)28-22-21(31(32)33)23(26-14-25-22)30-11-9-29(10-12-30)19-6-4-5-16(2)17(19)3/h4-8,13-14H,9-12H2,1-3H3,(H,25,26,27,28). The Balaban J connectivity index is 1.40. The molecule has 0 bridgehead atoms. The molecular formula is C24H25N7O2S. The summed E-state index contributed by atoms with van der Waals surface area (Å²) in [6.45, 7) is 9.04. The summed E-state index contributed by atoms with van der Waals surface area (Å²) < 4.78 is 1.02. The Labute approximate surface area is 201 Å². The summed E-state index contributed by atoms with van der Waals surface area (Å²) in [6.07, 6.45) is 1.37. The van der Waals surface area contributed by atoms with Gasteiger partial charge >= 0.3 is 5.69 Å². The van der Waals surface area contributed by atoms with E-state index in [0.29, 0.717) is 24.0 Å². The van der Waals surface area contributed by atoms with Gasteiger partial charge < -0.3 is 15.1 Å². The first-order chi connectivity index (χ1) is 16.4. The molecule has 0 unspecified atom stereocenters. The third kappa shape index (κ3) is 4.12. The Hall–Kier alpha value is -3.79. The number of hydrogen-bond donors (Lipinski definition) is 1. The van der Waals surface area contributed by atoms with Crippen molar-refractivity contribution in [1.29, 1.82) is 0 Å². The minimum atomic E-state index is -0.411. The van der Waals surface area contributed by atoms with Crippen molar-refractivity contribution in [2.24, 2.45) is 0 Å². The smallest absolute Gasteiger partial charge is 0.353 e. The molecule has 174 valence electrons. The molecule has 1 aliphatic heterocycles. The molecule has 10 heteroatoms. The summed E-state index contributed by atoms with van der Waals surface area (Å²) >= 11 is 1.44. The highest BCUT2D eigenvalue weighted by Crippen LogP contribution is 2.36. The van der Waals surface area contributed by atoms with Crippen molar-refractivity contribution in [3.05, 3.63) is 69.5 Å². The third-order valence-electron chi connectivity index (χ3n) is 6.25. The molecule has 0 aliphatic carbocycles. The van der Waals surface area contributed by atoms with Gasteiger partial charge in [-0.3, -0.25) is 10.1 Å². The van der Waals surface area contributed by atoms with Crippen molar-refractivity contribution in [1.82, 2.24) is 15.0 Å². The number of aryl methyl sites for hydroxylation is 2. The van der Waals surface area contributed by atoms with E-state index in [1.54, 1.807) is 0 Å². The summed E-state index contributed by atoms with van der Waals surface area (Å²) in [5.74, 6) is 0.489. The Kier molecular flexibility index (Phi) is 5.74. The van der Waals surface area contributed by atoms with Crippen LogP contribution in [-0.2, 0) is 0 Å². The zero-order chi connectivity index (χ0) is 23.8. The molecule has 3 heterocycles. The molecule has 0 amide bonds. The molecule has 2 aromatic heterocycles. The van der Waals surface area contributed by atoms with Crippen LogP contribution in [0.3, 0.4) is 0 Å². The number of fused-ring (bicyclic) bond motifs is 1.